The monoisotopic (exact) mass is 417 g/mol. The van der Waals surface area contributed by atoms with Gasteiger partial charge in [0.05, 0.1) is 0 Å². The number of nitrogens with two attached hydrogens (primary N) is 1. The van der Waals surface area contributed by atoms with Crippen LogP contribution in [-0.4, -0.2) is 32.4 Å². The summed E-state index contributed by atoms with van der Waals surface area (Å²) in [5.41, 5.74) is 9.04. The van der Waals surface area contributed by atoms with E-state index in [1.54, 1.807) is 85.0 Å². The summed E-state index contributed by atoms with van der Waals surface area (Å²) in [5, 5.41) is 38.7. The molecule has 6 N–H and O–H groups in total. The minimum atomic E-state index is -1.10. The Morgan fingerprint density at radius 2 is 1.19 bits per heavy atom. The average Bonchev–Trinajstić information content (AvgIpc) is 2.75. The molecule has 6 nitrogen and oxygen atoms in total. The minimum Gasteiger partial charge on any atom is -0.508 e. The lowest BCUT2D eigenvalue weighted by atomic mass is 9.98. The first-order valence-electron chi connectivity index (χ1n) is 9.60. The molecule has 1 unspecified atom stereocenters. The highest BCUT2D eigenvalue weighted by atomic mass is 16.4. The van der Waals surface area contributed by atoms with Crippen molar-refractivity contribution in [1.29, 1.82) is 0 Å². The molecule has 0 heterocycles. The van der Waals surface area contributed by atoms with Crippen LogP contribution in [0.25, 0.3) is 24.3 Å². The number of phenolic OH excluding ortho intramolecular Hbond substituents is 3. The van der Waals surface area contributed by atoms with E-state index in [0.29, 0.717) is 16.7 Å². The maximum Gasteiger partial charge on any atom is 0.320 e. The first-order valence-corrected chi connectivity index (χ1v) is 9.60. The summed E-state index contributed by atoms with van der Waals surface area (Å²) in [5.74, 6) is -0.745. The van der Waals surface area contributed by atoms with Crippen LogP contribution in [-0.2, 0) is 11.2 Å². The minimum absolute atomic E-state index is 0.0395. The van der Waals surface area contributed by atoms with Crippen LogP contribution in [0.4, 0.5) is 0 Å². The van der Waals surface area contributed by atoms with Crippen molar-refractivity contribution in [3.05, 3.63) is 88.5 Å². The van der Waals surface area contributed by atoms with E-state index in [0.717, 1.165) is 11.1 Å². The van der Waals surface area contributed by atoms with Crippen LogP contribution < -0.4 is 5.73 Å². The van der Waals surface area contributed by atoms with E-state index in [1.807, 2.05) is 0 Å². The lowest BCUT2D eigenvalue weighted by Gasteiger charge is -2.11. The molecule has 0 radical (unpaired) electrons. The van der Waals surface area contributed by atoms with Gasteiger partial charge in [0.2, 0.25) is 0 Å². The molecule has 3 rings (SSSR count). The summed E-state index contributed by atoms with van der Waals surface area (Å²) in [6, 6.07) is 15.5. The van der Waals surface area contributed by atoms with E-state index >= 15 is 0 Å². The van der Waals surface area contributed by atoms with Crippen molar-refractivity contribution in [1.82, 2.24) is 0 Å². The molecule has 6 heteroatoms. The lowest BCUT2D eigenvalue weighted by molar-refractivity contribution is -0.138. The molecule has 1 atom stereocenters. The second-order valence-electron chi connectivity index (χ2n) is 7.12. The quantitative estimate of drug-likeness (QED) is 0.369. The van der Waals surface area contributed by atoms with Crippen LogP contribution in [0.3, 0.4) is 0 Å². The Balaban J connectivity index is 1.97. The fourth-order valence-corrected chi connectivity index (χ4v) is 3.00. The number of carboxylic acid groups (broad SMARTS) is 1. The van der Waals surface area contributed by atoms with Crippen molar-refractivity contribution >= 4 is 30.3 Å². The van der Waals surface area contributed by atoms with E-state index in [4.69, 9.17) is 10.8 Å². The number of carboxylic acids is 1. The smallest absolute Gasteiger partial charge is 0.320 e. The Hall–Kier alpha value is -4.03. The number of hydrogen-bond donors (Lipinski definition) is 5. The van der Waals surface area contributed by atoms with Gasteiger partial charge >= 0.3 is 5.97 Å². The third kappa shape index (κ3) is 5.98. The second kappa shape index (κ2) is 9.65. The van der Waals surface area contributed by atoms with E-state index in [2.05, 4.69) is 0 Å². The van der Waals surface area contributed by atoms with Gasteiger partial charge in [-0.2, -0.15) is 0 Å². The standard InChI is InChI=1S/C25H23NO5/c26-23(25(30)31)15-18-13-19(7-1-16-3-9-21(27)10-4-16)24(29)20(14-18)8-2-17-5-11-22(28)12-6-17/h1-14,23,27-29H,15,26H2,(H,30,31)/b7-1+,8-2+. The molecule has 0 saturated heterocycles. The average molecular weight is 417 g/mol. The summed E-state index contributed by atoms with van der Waals surface area (Å²) in [6.45, 7) is 0. The number of benzene rings is 3. The first-order chi connectivity index (χ1) is 14.8. The van der Waals surface area contributed by atoms with Crippen molar-refractivity contribution in [2.75, 3.05) is 0 Å². The highest BCUT2D eigenvalue weighted by Gasteiger charge is 2.14. The summed E-state index contributed by atoms with van der Waals surface area (Å²) in [7, 11) is 0. The van der Waals surface area contributed by atoms with Crippen molar-refractivity contribution < 1.29 is 25.2 Å². The third-order valence-electron chi connectivity index (χ3n) is 4.70. The van der Waals surface area contributed by atoms with Crippen LogP contribution in [0.15, 0.2) is 60.7 Å². The van der Waals surface area contributed by atoms with Crippen LogP contribution >= 0.6 is 0 Å². The molecule has 0 spiro atoms. The van der Waals surface area contributed by atoms with Gasteiger partial charge < -0.3 is 26.2 Å². The first kappa shape index (κ1) is 21.7. The Labute approximate surface area is 179 Å². The molecule has 0 aliphatic rings. The van der Waals surface area contributed by atoms with Crippen molar-refractivity contribution in [2.45, 2.75) is 12.5 Å². The molecule has 31 heavy (non-hydrogen) atoms. The molecule has 0 amide bonds. The van der Waals surface area contributed by atoms with Crippen LogP contribution in [0, 0.1) is 0 Å². The maximum absolute atomic E-state index is 11.2. The van der Waals surface area contributed by atoms with Gasteiger partial charge in [-0.05, 0) is 59.5 Å². The van der Waals surface area contributed by atoms with Gasteiger partial charge in [-0.3, -0.25) is 4.79 Å². The zero-order valence-corrected chi connectivity index (χ0v) is 16.6. The zero-order chi connectivity index (χ0) is 22.4. The highest BCUT2D eigenvalue weighted by molar-refractivity contribution is 5.80. The number of carbonyl (C=O) groups is 1. The van der Waals surface area contributed by atoms with E-state index in [-0.39, 0.29) is 23.7 Å². The van der Waals surface area contributed by atoms with Crippen LogP contribution in [0.5, 0.6) is 17.2 Å². The molecule has 0 aliphatic carbocycles. The van der Waals surface area contributed by atoms with E-state index < -0.39 is 12.0 Å². The van der Waals surface area contributed by atoms with Crippen molar-refractivity contribution in [3.63, 3.8) is 0 Å². The van der Waals surface area contributed by atoms with Crippen molar-refractivity contribution in [3.8, 4) is 17.2 Å². The Bertz CT molecular complexity index is 1040. The molecular formula is C25H23NO5. The summed E-state index contributed by atoms with van der Waals surface area (Å²) in [4.78, 5) is 11.2. The number of aromatic hydroxyl groups is 3. The molecule has 0 aromatic heterocycles. The molecule has 0 bridgehead atoms. The van der Waals surface area contributed by atoms with Gasteiger partial charge in [0.15, 0.2) is 0 Å². The number of aliphatic carboxylic acids is 1. The van der Waals surface area contributed by atoms with Gasteiger partial charge in [-0.25, -0.2) is 0 Å². The highest BCUT2D eigenvalue weighted by Crippen LogP contribution is 2.29. The molecule has 0 aliphatic heterocycles. The van der Waals surface area contributed by atoms with Gasteiger partial charge in [-0.1, -0.05) is 48.6 Å². The summed E-state index contributed by atoms with van der Waals surface area (Å²) in [6.07, 6.45) is 7.10. The van der Waals surface area contributed by atoms with Crippen LogP contribution in [0.2, 0.25) is 0 Å². The predicted octanol–water partition coefficient (Wildman–Crippen LogP) is 4.10. The molecule has 0 saturated carbocycles. The number of hydrogen-bond acceptors (Lipinski definition) is 5. The number of phenols is 3. The van der Waals surface area contributed by atoms with Gasteiger partial charge in [0.25, 0.3) is 0 Å². The Morgan fingerprint density at radius 3 is 1.58 bits per heavy atom. The zero-order valence-electron chi connectivity index (χ0n) is 16.6. The van der Waals surface area contributed by atoms with Crippen molar-refractivity contribution in [2.24, 2.45) is 5.73 Å². The van der Waals surface area contributed by atoms with E-state index in [1.165, 1.54) is 0 Å². The van der Waals surface area contributed by atoms with Crippen LogP contribution in [0.1, 0.15) is 27.8 Å². The molecule has 0 fully saturated rings. The molecule has 3 aromatic rings. The molecular weight excluding hydrogens is 394 g/mol. The second-order valence-corrected chi connectivity index (χ2v) is 7.12. The lowest BCUT2D eigenvalue weighted by Crippen LogP contribution is -2.32. The fourth-order valence-electron chi connectivity index (χ4n) is 3.00. The third-order valence-corrected chi connectivity index (χ3v) is 4.70. The Morgan fingerprint density at radius 1 is 0.774 bits per heavy atom. The topological polar surface area (TPSA) is 124 Å². The summed E-state index contributed by atoms with van der Waals surface area (Å²) >= 11 is 0. The van der Waals surface area contributed by atoms with Gasteiger partial charge in [0, 0.05) is 11.1 Å². The fraction of sp³-hybridized carbons (Fsp3) is 0.0800. The van der Waals surface area contributed by atoms with E-state index in [9.17, 15) is 20.1 Å². The molecule has 158 valence electrons. The number of rotatable bonds is 7. The van der Waals surface area contributed by atoms with Gasteiger partial charge in [0.1, 0.15) is 23.3 Å². The van der Waals surface area contributed by atoms with Gasteiger partial charge in [-0.15, -0.1) is 0 Å². The Kier molecular flexibility index (Phi) is 6.74. The predicted molar refractivity (Wildman–Crippen MR) is 121 cm³/mol. The normalized spacial score (nSPS) is 12.4. The summed E-state index contributed by atoms with van der Waals surface area (Å²) < 4.78 is 0. The maximum atomic E-state index is 11.2. The SMILES string of the molecule is NC(Cc1cc(/C=C/c2ccc(O)cc2)c(O)c(/C=C/c2ccc(O)cc2)c1)C(=O)O. The molecule has 3 aromatic carbocycles. The largest absolute Gasteiger partial charge is 0.508 e.